The zero-order valence-corrected chi connectivity index (χ0v) is 15.1. The first-order chi connectivity index (χ1) is 13.2. The van der Waals surface area contributed by atoms with Gasteiger partial charge in [-0.2, -0.15) is 0 Å². The Morgan fingerprint density at radius 2 is 2.04 bits per heavy atom. The van der Waals surface area contributed by atoms with Gasteiger partial charge in [-0.25, -0.2) is 4.79 Å². The minimum atomic E-state index is -0.955. The lowest BCUT2D eigenvalue weighted by molar-refractivity contribution is -0.149. The third kappa shape index (κ3) is 5.01. The topological polar surface area (TPSA) is 74.2 Å². The van der Waals surface area contributed by atoms with E-state index in [-0.39, 0.29) is 6.79 Å². The van der Waals surface area contributed by atoms with Crippen molar-refractivity contribution in [3.8, 4) is 17.2 Å². The van der Waals surface area contributed by atoms with Gasteiger partial charge >= 0.3 is 5.97 Å². The molecule has 0 amide bonds. The van der Waals surface area contributed by atoms with Gasteiger partial charge in [-0.05, 0) is 36.8 Å². The van der Waals surface area contributed by atoms with Crippen molar-refractivity contribution in [2.24, 2.45) is 0 Å². The molecule has 1 heterocycles. The van der Waals surface area contributed by atoms with Crippen molar-refractivity contribution in [3.05, 3.63) is 59.7 Å². The molecule has 0 bridgehead atoms. The van der Waals surface area contributed by atoms with Gasteiger partial charge in [0.25, 0.3) is 0 Å². The zero-order chi connectivity index (χ0) is 19.1. The van der Waals surface area contributed by atoms with E-state index in [4.69, 9.17) is 24.1 Å². The normalized spacial score (nSPS) is 13.7. The van der Waals surface area contributed by atoms with E-state index in [1.165, 1.54) is 0 Å². The molecule has 6 nitrogen and oxygen atoms in total. The second-order valence-corrected chi connectivity index (χ2v) is 5.92. The molecule has 2 aromatic rings. The van der Waals surface area contributed by atoms with Crippen molar-refractivity contribution < 1.29 is 28.8 Å². The van der Waals surface area contributed by atoms with Crippen molar-refractivity contribution in [2.75, 3.05) is 20.0 Å². The Morgan fingerprint density at radius 3 is 2.78 bits per heavy atom. The molecule has 0 fully saturated rings. The molecule has 0 aliphatic carbocycles. The Labute approximate surface area is 157 Å². The third-order valence-electron chi connectivity index (χ3n) is 4.06. The second kappa shape index (κ2) is 9.09. The summed E-state index contributed by atoms with van der Waals surface area (Å²) in [7, 11) is 0. The van der Waals surface area contributed by atoms with Gasteiger partial charge < -0.3 is 24.1 Å². The highest BCUT2D eigenvalue weighted by atomic mass is 16.7. The monoisotopic (exact) mass is 370 g/mol. The van der Waals surface area contributed by atoms with Crippen molar-refractivity contribution in [1.82, 2.24) is 0 Å². The van der Waals surface area contributed by atoms with Crippen LogP contribution in [0.25, 0.3) is 6.08 Å². The second-order valence-electron chi connectivity index (χ2n) is 5.92. The van der Waals surface area contributed by atoms with Crippen molar-refractivity contribution in [3.63, 3.8) is 0 Å². The summed E-state index contributed by atoms with van der Waals surface area (Å²) in [5, 5.41) is 9.14. The molecule has 27 heavy (non-hydrogen) atoms. The molecule has 2 aromatic carbocycles. The van der Waals surface area contributed by atoms with Gasteiger partial charge in [0.05, 0.1) is 0 Å². The summed E-state index contributed by atoms with van der Waals surface area (Å²) >= 11 is 0. The number of aliphatic carboxylic acids is 1. The number of hydrogen-bond donors (Lipinski definition) is 1. The molecule has 1 N–H and O–H groups in total. The smallest absolute Gasteiger partial charge is 0.333 e. The molecule has 0 spiro atoms. The van der Waals surface area contributed by atoms with Crippen LogP contribution in [0.1, 0.15) is 18.1 Å². The number of carbonyl (C=O) groups is 1. The van der Waals surface area contributed by atoms with Crippen molar-refractivity contribution >= 4 is 12.0 Å². The first-order valence-corrected chi connectivity index (χ1v) is 8.78. The van der Waals surface area contributed by atoms with Crippen molar-refractivity contribution in [2.45, 2.75) is 19.4 Å². The van der Waals surface area contributed by atoms with E-state index in [1.54, 1.807) is 6.92 Å². The first-order valence-electron chi connectivity index (χ1n) is 8.78. The molecular weight excluding hydrogens is 348 g/mol. The molecule has 0 saturated heterocycles. The molecule has 142 valence electrons. The van der Waals surface area contributed by atoms with E-state index in [0.717, 1.165) is 22.6 Å². The number of rotatable bonds is 9. The summed E-state index contributed by atoms with van der Waals surface area (Å²) in [6, 6.07) is 13.1. The fraction of sp³-hybridized carbons (Fsp3) is 0.286. The van der Waals surface area contributed by atoms with Gasteiger partial charge in [0, 0.05) is 18.6 Å². The maximum Gasteiger partial charge on any atom is 0.333 e. The summed E-state index contributed by atoms with van der Waals surface area (Å²) in [5.41, 5.74) is 1.83. The lowest BCUT2D eigenvalue weighted by atomic mass is 10.1. The van der Waals surface area contributed by atoms with Gasteiger partial charge in [-0.15, -0.1) is 0 Å². The Morgan fingerprint density at radius 1 is 1.22 bits per heavy atom. The Hall–Kier alpha value is -2.99. The number of carboxylic acid groups (broad SMARTS) is 1. The van der Waals surface area contributed by atoms with Crippen LogP contribution in [0.3, 0.4) is 0 Å². The quantitative estimate of drug-likeness (QED) is 0.728. The molecule has 1 atom stereocenters. The minimum absolute atomic E-state index is 0.245. The third-order valence-corrected chi connectivity index (χ3v) is 4.06. The number of carboxylic acids is 1. The van der Waals surface area contributed by atoms with E-state index in [1.807, 2.05) is 54.6 Å². The molecule has 0 saturated carbocycles. The van der Waals surface area contributed by atoms with Gasteiger partial charge in [0.2, 0.25) is 6.79 Å². The van der Waals surface area contributed by atoms with Crippen LogP contribution in [0.5, 0.6) is 17.2 Å². The number of hydrogen-bond acceptors (Lipinski definition) is 5. The summed E-state index contributed by atoms with van der Waals surface area (Å²) in [4.78, 5) is 11.1. The largest absolute Gasteiger partial charge is 0.490 e. The van der Waals surface area contributed by atoms with Crippen LogP contribution in [-0.4, -0.2) is 37.2 Å². The van der Waals surface area contributed by atoms with Gasteiger partial charge in [-0.1, -0.05) is 30.3 Å². The fourth-order valence-electron chi connectivity index (χ4n) is 2.76. The molecule has 1 unspecified atom stereocenters. The maximum absolute atomic E-state index is 11.1. The number of ether oxygens (including phenoxy) is 4. The lowest BCUT2D eigenvalue weighted by Gasteiger charge is -2.12. The van der Waals surface area contributed by atoms with E-state index in [2.05, 4.69) is 0 Å². The molecular formula is C21H22O6. The highest BCUT2D eigenvalue weighted by Gasteiger charge is 2.18. The summed E-state index contributed by atoms with van der Waals surface area (Å²) in [5.74, 6) is 1.26. The lowest BCUT2D eigenvalue weighted by Crippen LogP contribution is -2.26. The summed E-state index contributed by atoms with van der Waals surface area (Å²) in [6.45, 7) is 2.80. The molecule has 1 aliphatic heterocycles. The standard InChI is InChI=1S/C21H22O6/c1-2-24-19(21(22)23)13-15-8-10-17(11-9-15)25-12-4-6-16-5-3-7-18-20(16)27-14-26-18/h3-11,19H,2,12-14H2,1H3,(H,22,23). The predicted octanol–water partition coefficient (Wildman–Crippen LogP) is 3.54. The highest BCUT2D eigenvalue weighted by Crippen LogP contribution is 2.35. The number of benzene rings is 2. The zero-order valence-electron chi connectivity index (χ0n) is 15.1. The molecule has 3 rings (SSSR count). The first kappa shape index (κ1) is 18.8. The molecule has 0 radical (unpaired) electrons. The summed E-state index contributed by atoms with van der Waals surface area (Å²) < 4.78 is 21.7. The fourth-order valence-corrected chi connectivity index (χ4v) is 2.76. The van der Waals surface area contributed by atoms with Crippen molar-refractivity contribution in [1.29, 1.82) is 0 Å². The van der Waals surface area contributed by atoms with Gasteiger partial charge in [-0.3, -0.25) is 0 Å². The van der Waals surface area contributed by atoms with E-state index in [9.17, 15) is 4.79 Å². The van der Waals surface area contributed by atoms with Crippen LogP contribution in [-0.2, 0) is 16.0 Å². The van der Waals surface area contributed by atoms with Crippen LogP contribution in [0.4, 0.5) is 0 Å². The van der Waals surface area contributed by atoms with Crippen LogP contribution < -0.4 is 14.2 Å². The van der Waals surface area contributed by atoms with Gasteiger partial charge in [0.1, 0.15) is 12.4 Å². The number of para-hydroxylation sites is 1. The average molecular weight is 370 g/mol. The Balaban J connectivity index is 1.52. The van der Waals surface area contributed by atoms with E-state index in [0.29, 0.717) is 25.4 Å². The highest BCUT2D eigenvalue weighted by molar-refractivity contribution is 5.72. The van der Waals surface area contributed by atoms with Crippen LogP contribution in [0.15, 0.2) is 48.5 Å². The van der Waals surface area contributed by atoms with Gasteiger partial charge in [0.15, 0.2) is 17.6 Å². The van der Waals surface area contributed by atoms with Crippen LogP contribution >= 0.6 is 0 Å². The molecule has 0 aromatic heterocycles. The maximum atomic E-state index is 11.1. The van der Waals surface area contributed by atoms with Crippen LogP contribution in [0, 0.1) is 0 Å². The van der Waals surface area contributed by atoms with E-state index < -0.39 is 12.1 Å². The SMILES string of the molecule is CCOC(Cc1ccc(OCC=Cc2cccc3c2OCO3)cc1)C(=O)O. The molecule has 1 aliphatic rings. The summed E-state index contributed by atoms with van der Waals surface area (Å²) in [6.07, 6.45) is 3.33. The Bertz CT molecular complexity index is 797. The average Bonchev–Trinajstić information content (AvgIpc) is 3.15. The van der Waals surface area contributed by atoms with E-state index >= 15 is 0 Å². The number of fused-ring (bicyclic) bond motifs is 1. The predicted molar refractivity (Wildman–Crippen MR) is 100 cm³/mol. The minimum Gasteiger partial charge on any atom is -0.490 e. The van der Waals surface area contributed by atoms with Crippen LogP contribution in [0.2, 0.25) is 0 Å². The Kier molecular flexibility index (Phi) is 6.33. The molecule has 6 heteroatoms.